The van der Waals surface area contributed by atoms with E-state index in [1.54, 1.807) is 0 Å². The normalized spacial score (nSPS) is 52.9. The molecule has 0 aromatic rings. The van der Waals surface area contributed by atoms with Gasteiger partial charge in [-0.2, -0.15) is 0 Å². The molecule has 1 heteroatoms. The number of fused-ring (bicyclic) bond motifs is 1. The first-order valence-corrected chi connectivity index (χ1v) is 3.61. The van der Waals surface area contributed by atoms with Crippen molar-refractivity contribution in [2.45, 2.75) is 37.8 Å². The molecule has 2 rings (SSSR count). The Bertz CT molecular complexity index is 88.6. The van der Waals surface area contributed by atoms with Gasteiger partial charge in [-0.3, -0.25) is 4.90 Å². The van der Waals surface area contributed by atoms with Crippen molar-refractivity contribution in [2.24, 2.45) is 0 Å². The molecule has 1 saturated carbocycles. The maximum absolute atomic E-state index is 2.51. The van der Waals surface area contributed by atoms with Crippen LogP contribution in [0, 0.1) is 0 Å². The molecule has 0 radical (unpaired) electrons. The molecule has 0 N–H and O–H groups in total. The Morgan fingerprint density at radius 3 is 2.00 bits per heavy atom. The second kappa shape index (κ2) is 1.47. The summed E-state index contributed by atoms with van der Waals surface area (Å²) in [6.07, 6.45) is 5.90. The molecule has 8 heavy (non-hydrogen) atoms. The standard InChI is InChI=1S/C7H13N/c1-8-6-4-2-3-5-7(6)8/h6-7H,2-5H2,1H3/t6-,7-/m0/s1. The number of hydrogen-bond donors (Lipinski definition) is 0. The number of likely N-dealkylation sites (N-methyl/N-ethyl adjacent to an activating group) is 1. The average molecular weight is 111 g/mol. The highest BCUT2D eigenvalue weighted by Gasteiger charge is 2.44. The lowest BCUT2D eigenvalue weighted by molar-refractivity contribution is 0.571. The predicted molar refractivity (Wildman–Crippen MR) is 33.8 cm³/mol. The van der Waals surface area contributed by atoms with Gasteiger partial charge in [0.15, 0.2) is 0 Å². The molecule has 0 spiro atoms. The second-order valence-corrected chi connectivity index (χ2v) is 3.08. The third kappa shape index (κ3) is 0.510. The minimum atomic E-state index is 1.00. The summed E-state index contributed by atoms with van der Waals surface area (Å²) >= 11 is 0. The van der Waals surface area contributed by atoms with Gasteiger partial charge in [0.1, 0.15) is 0 Å². The zero-order chi connectivity index (χ0) is 5.56. The summed E-state index contributed by atoms with van der Waals surface area (Å²) in [6, 6.07) is 2.01. The van der Waals surface area contributed by atoms with Crippen molar-refractivity contribution in [1.82, 2.24) is 4.90 Å². The molecule has 0 bridgehead atoms. The predicted octanol–water partition coefficient (Wildman–Crippen LogP) is 1.24. The van der Waals surface area contributed by atoms with Gasteiger partial charge in [0.05, 0.1) is 0 Å². The smallest absolute Gasteiger partial charge is 0.0252 e. The van der Waals surface area contributed by atoms with Crippen LogP contribution in [0.1, 0.15) is 25.7 Å². The molecule has 1 heterocycles. The van der Waals surface area contributed by atoms with Crippen molar-refractivity contribution in [3.8, 4) is 0 Å². The number of hydrogen-bond acceptors (Lipinski definition) is 1. The minimum Gasteiger partial charge on any atom is -0.297 e. The Labute approximate surface area is 50.7 Å². The maximum Gasteiger partial charge on any atom is 0.0252 e. The molecule has 1 nitrogen and oxygen atoms in total. The minimum absolute atomic E-state index is 1.00. The van der Waals surface area contributed by atoms with Crippen molar-refractivity contribution >= 4 is 0 Å². The van der Waals surface area contributed by atoms with E-state index in [0.717, 1.165) is 12.1 Å². The number of nitrogens with zero attached hydrogens (tertiary/aromatic N) is 1. The molecule has 2 aliphatic rings. The molecule has 1 aliphatic heterocycles. The molecule has 2 atom stereocenters. The molecular weight excluding hydrogens is 98.1 g/mol. The van der Waals surface area contributed by atoms with Crippen molar-refractivity contribution < 1.29 is 0 Å². The fourth-order valence-electron chi connectivity index (χ4n) is 1.97. The molecule has 1 saturated heterocycles. The van der Waals surface area contributed by atoms with E-state index in [1.165, 1.54) is 25.7 Å². The van der Waals surface area contributed by atoms with Crippen LogP contribution in [0.4, 0.5) is 0 Å². The lowest BCUT2D eigenvalue weighted by Crippen LogP contribution is -2.00. The molecule has 1 aliphatic carbocycles. The van der Waals surface area contributed by atoms with Crippen LogP contribution in [0.15, 0.2) is 0 Å². The Hall–Kier alpha value is -0.0400. The third-order valence-electron chi connectivity index (χ3n) is 2.65. The van der Waals surface area contributed by atoms with Crippen molar-refractivity contribution in [1.29, 1.82) is 0 Å². The van der Waals surface area contributed by atoms with E-state index in [-0.39, 0.29) is 0 Å². The fraction of sp³-hybridized carbons (Fsp3) is 1.00. The first-order valence-electron chi connectivity index (χ1n) is 3.61. The van der Waals surface area contributed by atoms with E-state index < -0.39 is 0 Å². The topological polar surface area (TPSA) is 3.01 Å². The van der Waals surface area contributed by atoms with E-state index in [1.807, 2.05) is 0 Å². The highest BCUT2D eigenvalue weighted by Crippen LogP contribution is 2.38. The van der Waals surface area contributed by atoms with Crippen LogP contribution in [0.25, 0.3) is 0 Å². The van der Waals surface area contributed by atoms with E-state index in [9.17, 15) is 0 Å². The van der Waals surface area contributed by atoms with Crippen LogP contribution in [-0.2, 0) is 0 Å². The van der Waals surface area contributed by atoms with Crippen molar-refractivity contribution in [2.75, 3.05) is 7.05 Å². The summed E-state index contributed by atoms with van der Waals surface area (Å²) in [6.45, 7) is 0. The van der Waals surface area contributed by atoms with Crippen LogP contribution in [-0.4, -0.2) is 24.0 Å². The van der Waals surface area contributed by atoms with Crippen LogP contribution >= 0.6 is 0 Å². The SMILES string of the molecule is CN1[C@H]2CCCC[C@@H]21. The highest BCUT2D eigenvalue weighted by atomic mass is 15.3. The van der Waals surface area contributed by atoms with Gasteiger partial charge >= 0.3 is 0 Å². The summed E-state index contributed by atoms with van der Waals surface area (Å²) in [5.41, 5.74) is 0. The summed E-state index contributed by atoms with van der Waals surface area (Å²) in [5, 5.41) is 0. The first kappa shape index (κ1) is 4.80. The highest BCUT2D eigenvalue weighted by molar-refractivity contribution is 5.01. The number of likely N-dealkylation sites (tertiary alicyclic amines) is 1. The Morgan fingerprint density at radius 1 is 1.12 bits per heavy atom. The molecule has 0 unspecified atom stereocenters. The summed E-state index contributed by atoms with van der Waals surface area (Å²) < 4.78 is 0. The number of rotatable bonds is 0. The molecule has 46 valence electrons. The lowest BCUT2D eigenvalue weighted by atomic mass is 10.0. The summed E-state index contributed by atoms with van der Waals surface area (Å²) in [5.74, 6) is 0. The van der Waals surface area contributed by atoms with Gasteiger partial charge in [-0.15, -0.1) is 0 Å². The first-order chi connectivity index (χ1) is 3.89. The zero-order valence-corrected chi connectivity index (χ0v) is 5.43. The van der Waals surface area contributed by atoms with Gasteiger partial charge in [-0.05, 0) is 19.9 Å². The molecule has 2 fully saturated rings. The van der Waals surface area contributed by atoms with Crippen molar-refractivity contribution in [3.63, 3.8) is 0 Å². The van der Waals surface area contributed by atoms with E-state index >= 15 is 0 Å². The lowest BCUT2D eigenvalue weighted by Gasteiger charge is -2.02. The quantitative estimate of drug-likeness (QED) is 0.425. The van der Waals surface area contributed by atoms with Crippen LogP contribution in [0.3, 0.4) is 0 Å². The fourth-order valence-corrected chi connectivity index (χ4v) is 1.97. The largest absolute Gasteiger partial charge is 0.297 e. The monoisotopic (exact) mass is 111 g/mol. The van der Waals surface area contributed by atoms with E-state index in [2.05, 4.69) is 11.9 Å². The van der Waals surface area contributed by atoms with Crippen molar-refractivity contribution in [3.05, 3.63) is 0 Å². The van der Waals surface area contributed by atoms with Gasteiger partial charge in [-0.25, -0.2) is 0 Å². The average Bonchev–Trinajstić information content (AvgIpc) is 2.46. The molecule has 0 aromatic heterocycles. The van der Waals surface area contributed by atoms with Gasteiger partial charge in [-0.1, -0.05) is 12.8 Å². The van der Waals surface area contributed by atoms with Crippen LogP contribution in [0.2, 0.25) is 0 Å². The van der Waals surface area contributed by atoms with E-state index in [0.29, 0.717) is 0 Å². The Morgan fingerprint density at radius 2 is 1.62 bits per heavy atom. The van der Waals surface area contributed by atoms with Crippen LogP contribution < -0.4 is 0 Å². The summed E-state index contributed by atoms with van der Waals surface area (Å²) in [7, 11) is 2.25. The van der Waals surface area contributed by atoms with Gasteiger partial charge in [0, 0.05) is 12.1 Å². The van der Waals surface area contributed by atoms with Gasteiger partial charge in [0.25, 0.3) is 0 Å². The Balaban J connectivity index is 1.97. The van der Waals surface area contributed by atoms with E-state index in [4.69, 9.17) is 0 Å². The third-order valence-corrected chi connectivity index (χ3v) is 2.65. The molecular formula is C7H13N. The van der Waals surface area contributed by atoms with Crippen LogP contribution in [0.5, 0.6) is 0 Å². The van der Waals surface area contributed by atoms with Gasteiger partial charge < -0.3 is 0 Å². The maximum atomic E-state index is 2.51. The molecule has 0 amide bonds. The summed E-state index contributed by atoms with van der Waals surface area (Å²) in [4.78, 5) is 2.51. The second-order valence-electron chi connectivity index (χ2n) is 3.08. The Kier molecular flexibility index (Phi) is 0.884. The zero-order valence-electron chi connectivity index (χ0n) is 5.43. The van der Waals surface area contributed by atoms with Gasteiger partial charge in [0.2, 0.25) is 0 Å². The molecule has 0 aromatic carbocycles.